The van der Waals surface area contributed by atoms with Crippen molar-refractivity contribution in [3.63, 3.8) is 0 Å². The largest absolute Gasteiger partial charge is 0.485 e. The molecular formula is C33H32ClFN2O6. The molecule has 1 N–H and O–H groups in total. The predicted octanol–water partition coefficient (Wildman–Crippen LogP) is 6.72. The molecule has 2 saturated heterocycles. The van der Waals surface area contributed by atoms with E-state index in [2.05, 4.69) is 4.57 Å². The first kappa shape index (κ1) is 28.1. The maximum atomic E-state index is 14.6. The minimum atomic E-state index is -0.953. The quantitative estimate of drug-likeness (QED) is 0.238. The summed E-state index contributed by atoms with van der Waals surface area (Å²) in [6.07, 6.45) is 3.92. The molecule has 0 saturated carbocycles. The smallest absolute Gasteiger partial charge is 0.335 e. The zero-order chi connectivity index (χ0) is 29.5. The molecule has 0 radical (unpaired) electrons. The third-order valence-corrected chi connectivity index (χ3v) is 8.96. The molecule has 1 aromatic heterocycles. The van der Waals surface area contributed by atoms with Gasteiger partial charge in [0.15, 0.2) is 17.6 Å². The standard InChI is InChI=1S/C33H32ClFN2O6/c34-21-6-9-25(26(35)15-21)30-18-42-29-3-1-2-24(32(29)43-30)20-4-7-22(41-17-20)8-11-31-36-27-10-5-19(33(38)39)14-28(27)37(31)16-23-12-13-40-23/h1-3,5-6,9-10,14-15,20,22-23,30H,4,7-8,11-13,16-18H2,(H,38,39)/t20?,22?,23-,30?/m0/s1. The summed E-state index contributed by atoms with van der Waals surface area (Å²) < 4.78 is 41.2. The topological polar surface area (TPSA) is 92.0 Å². The van der Waals surface area contributed by atoms with E-state index in [4.69, 9.17) is 35.5 Å². The number of hydrogen-bond acceptors (Lipinski definition) is 6. The van der Waals surface area contributed by atoms with Crippen molar-refractivity contribution in [3.8, 4) is 11.5 Å². The van der Waals surface area contributed by atoms with Crippen LogP contribution in [0.3, 0.4) is 0 Å². The average molecular weight is 607 g/mol. The molecule has 0 aliphatic carbocycles. The highest BCUT2D eigenvalue weighted by molar-refractivity contribution is 6.30. The Morgan fingerprint density at radius 3 is 2.65 bits per heavy atom. The molecule has 4 aromatic rings. The number of carbonyl (C=O) groups is 1. The second-order valence-corrected chi connectivity index (χ2v) is 11.9. The van der Waals surface area contributed by atoms with Crippen molar-refractivity contribution in [2.24, 2.45) is 0 Å². The number of aromatic carboxylic acids is 1. The zero-order valence-corrected chi connectivity index (χ0v) is 24.3. The van der Waals surface area contributed by atoms with Gasteiger partial charge in [0.1, 0.15) is 18.2 Å². The first-order valence-corrected chi connectivity index (χ1v) is 15.1. The number of fused-ring (bicyclic) bond motifs is 2. The molecule has 3 aliphatic heterocycles. The van der Waals surface area contributed by atoms with Gasteiger partial charge >= 0.3 is 5.97 Å². The maximum Gasteiger partial charge on any atom is 0.335 e. The SMILES string of the molecule is O=C(O)c1ccc2nc(CCC3CCC(c4cccc5c4OC(c4ccc(Cl)cc4F)CO5)CO3)n(C[C@@H]3CCO3)c2c1. The van der Waals surface area contributed by atoms with Crippen molar-refractivity contribution in [2.45, 2.75) is 62.9 Å². The van der Waals surface area contributed by atoms with Crippen LogP contribution in [-0.4, -0.2) is 52.7 Å². The number of ether oxygens (including phenoxy) is 4. The number of aryl methyl sites for hydroxylation is 1. The van der Waals surface area contributed by atoms with E-state index in [1.807, 2.05) is 18.2 Å². The summed E-state index contributed by atoms with van der Waals surface area (Å²) >= 11 is 5.95. The Balaban J connectivity index is 1.03. The summed E-state index contributed by atoms with van der Waals surface area (Å²) in [5.74, 6) is 0.978. The van der Waals surface area contributed by atoms with Crippen molar-refractivity contribution >= 4 is 28.6 Å². The van der Waals surface area contributed by atoms with E-state index in [0.29, 0.717) is 41.7 Å². The minimum absolute atomic E-state index is 0.0756. The molecule has 2 fully saturated rings. The highest BCUT2D eigenvalue weighted by Crippen LogP contribution is 2.44. The van der Waals surface area contributed by atoms with Gasteiger partial charge in [-0.25, -0.2) is 14.2 Å². The first-order chi connectivity index (χ1) is 20.9. The Bertz CT molecular complexity index is 1660. The van der Waals surface area contributed by atoms with E-state index < -0.39 is 17.9 Å². The first-order valence-electron chi connectivity index (χ1n) is 14.8. The number of carboxylic acid groups (broad SMARTS) is 1. The Morgan fingerprint density at radius 1 is 1.02 bits per heavy atom. The van der Waals surface area contributed by atoms with E-state index in [-0.39, 0.29) is 30.3 Å². The van der Waals surface area contributed by atoms with Crippen LogP contribution >= 0.6 is 11.6 Å². The van der Waals surface area contributed by atoms with Crippen LogP contribution in [0.1, 0.15) is 65.0 Å². The van der Waals surface area contributed by atoms with Gasteiger partial charge in [0.2, 0.25) is 0 Å². The zero-order valence-electron chi connectivity index (χ0n) is 23.5. The van der Waals surface area contributed by atoms with Crippen molar-refractivity contribution in [3.05, 3.63) is 88.0 Å². The molecular weight excluding hydrogens is 575 g/mol. The number of hydrogen-bond donors (Lipinski definition) is 1. The molecule has 0 amide bonds. The van der Waals surface area contributed by atoms with Gasteiger partial charge in [-0.1, -0.05) is 29.8 Å². The fourth-order valence-electron chi connectivity index (χ4n) is 6.25. The lowest BCUT2D eigenvalue weighted by atomic mass is 9.89. The van der Waals surface area contributed by atoms with E-state index >= 15 is 0 Å². The molecule has 0 bridgehead atoms. The van der Waals surface area contributed by atoms with E-state index in [1.54, 1.807) is 30.3 Å². The second-order valence-electron chi connectivity index (χ2n) is 11.5. The summed E-state index contributed by atoms with van der Waals surface area (Å²) in [5.41, 5.74) is 3.28. The molecule has 7 rings (SSSR count). The van der Waals surface area contributed by atoms with Gasteiger partial charge in [-0.3, -0.25) is 0 Å². The van der Waals surface area contributed by atoms with Crippen molar-refractivity contribution in [1.29, 1.82) is 0 Å². The molecule has 3 unspecified atom stereocenters. The minimum Gasteiger partial charge on any atom is -0.485 e. The Hall–Kier alpha value is -3.66. The normalized spacial score (nSPS) is 23.2. The van der Waals surface area contributed by atoms with E-state index in [9.17, 15) is 14.3 Å². The lowest BCUT2D eigenvalue weighted by Crippen LogP contribution is -2.32. The summed E-state index contributed by atoms with van der Waals surface area (Å²) in [6.45, 7) is 2.17. The number of nitrogens with zero attached hydrogens (tertiary/aromatic N) is 2. The van der Waals surface area contributed by atoms with Crippen molar-refractivity contribution < 1.29 is 33.2 Å². The van der Waals surface area contributed by atoms with Gasteiger partial charge in [-0.15, -0.1) is 0 Å². The Morgan fingerprint density at radius 2 is 1.91 bits per heavy atom. The van der Waals surface area contributed by atoms with Gasteiger partial charge in [-0.2, -0.15) is 0 Å². The molecule has 224 valence electrons. The van der Waals surface area contributed by atoms with Crippen LogP contribution in [0.5, 0.6) is 11.5 Å². The Labute approximate surface area is 253 Å². The number of imidazole rings is 1. The number of rotatable bonds is 8. The summed E-state index contributed by atoms with van der Waals surface area (Å²) in [4.78, 5) is 16.5. The van der Waals surface area contributed by atoms with Gasteiger partial charge < -0.3 is 28.6 Å². The number of aromatic nitrogens is 2. The summed E-state index contributed by atoms with van der Waals surface area (Å²) in [6, 6.07) is 15.5. The van der Waals surface area contributed by atoms with Gasteiger partial charge in [-0.05, 0) is 62.1 Å². The van der Waals surface area contributed by atoms with Crippen LogP contribution in [0.25, 0.3) is 11.0 Å². The third-order valence-electron chi connectivity index (χ3n) is 8.72. The summed E-state index contributed by atoms with van der Waals surface area (Å²) in [7, 11) is 0. The van der Waals surface area contributed by atoms with Crippen LogP contribution in [0, 0.1) is 5.82 Å². The molecule has 0 spiro atoms. The lowest BCUT2D eigenvalue weighted by molar-refractivity contribution is -0.0591. The Kier molecular flexibility index (Phi) is 7.71. The molecule has 8 nitrogen and oxygen atoms in total. The average Bonchev–Trinajstić information content (AvgIpc) is 3.34. The molecule has 43 heavy (non-hydrogen) atoms. The van der Waals surface area contributed by atoms with Crippen LogP contribution in [-0.2, 0) is 22.4 Å². The number of para-hydroxylation sites is 1. The second kappa shape index (κ2) is 11.8. The van der Waals surface area contributed by atoms with E-state index in [1.165, 1.54) is 6.07 Å². The number of carboxylic acids is 1. The van der Waals surface area contributed by atoms with Gasteiger partial charge in [0, 0.05) is 35.1 Å². The lowest BCUT2D eigenvalue weighted by Gasteiger charge is -2.33. The molecule has 10 heteroatoms. The van der Waals surface area contributed by atoms with Gasteiger partial charge in [0.25, 0.3) is 0 Å². The summed E-state index contributed by atoms with van der Waals surface area (Å²) in [5, 5.41) is 9.84. The van der Waals surface area contributed by atoms with Gasteiger partial charge in [0.05, 0.1) is 42.0 Å². The van der Waals surface area contributed by atoms with Crippen LogP contribution in [0.15, 0.2) is 54.6 Å². The maximum absolute atomic E-state index is 14.6. The highest BCUT2D eigenvalue weighted by Gasteiger charge is 2.32. The van der Waals surface area contributed by atoms with Crippen LogP contribution < -0.4 is 9.47 Å². The number of benzene rings is 3. The third kappa shape index (κ3) is 5.69. The molecule has 3 aromatic carbocycles. The monoisotopic (exact) mass is 606 g/mol. The molecule has 4 heterocycles. The number of halogens is 2. The van der Waals surface area contributed by atoms with E-state index in [0.717, 1.165) is 54.7 Å². The van der Waals surface area contributed by atoms with Crippen molar-refractivity contribution in [1.82, 2.24) is 9.55 Å². The molecule has 3 aliphatic rings. The van der Waals surface area contributed by atoms with Crippen LogP contribution in [0.2, 0.25) is 5.02 Å². The molecule has 4 atom stereocenters. The fourth-order valence-corrected chi connectivity index (χ4v) is 6.41. The van der Waals surface area contributed by atoms with Crippen molar-refractivity contribution in [2.75, 3.05) is 19.8 Å². The predicted molar refractivity (Wildman–Crippen MR) is 158 cm³/mol. The highest BCUT2D eigenvalue weighted by atomic mass is 35.5. The fraction of sp³-hybridized carbons (Fsp3) is 0.394. The van der Waals surface area contributed by atoms with Crippen LogP contribution in [0.4, 0.5) is 4.39 Å².